The zero-order chi connectivity index (χ0) is 23.9. The van der Waals surface area contributed by atoms with Crippen LogP contribution < -0.4 is 10.2 Å². The number of rotatable bonds is 10. The summed E-state index contributed by atoms with van der Waals surface area (Å²) in [4.78, 5) is 21.6. The van der Waals surface area contributed by atoms with Gasteiger partial charge in [0.05, 0.1) is 11.0 Å². The zero-order valence-electron chi connectivity index (χ0n) is 19.4. The van der Waals surface area contributed by atoms with Crippen LogP contribution in [0.1, 0.15) is 18.4 Å². The van der Waals surface area contributed by atoms with E-state index in [0.717, 1.165) is 45.6 Å². The van der Waals surface area contributed by atoms with Crippen LogP contribution >= 0.6 is 11.8 Å². The number of aryl methyl sites for hydroxylation is 1. The van der Waals surface area contributed by atoms with Crippen LogP contribution in [0, 0.1) is 6.92 Å². The Balaban J connectivity index is 1.17. The topological polar surface area (TPSA) is 53.4 Å². The van der Waals surface area contributed by atoms with Crippen molar-refractivity contribution in [2.75, 3.05) is 44.2 Å². The zero-order valence-corrected chi connectivity index (χ0v) is 20.2. The molecule has 182 valence electrons. The van der Waals surface area contributed by atoms with Crippen LogP contribution in [0.4, 0.5) is 14.5 Å². The summed E-state index contributed by atoms with van der Waals surface area (Å²) in [7, 11) is 0. The molecule has 1 saturated heterocycles. The van der Waals surface area contributed by atoms with Gasteiger partial charge in [0.1, 0.15) is 6.54 Å². The number of benzene rings is 2. The van der Waals surface area contributed by atoms with E-state index >= 15 is 0 Å². The molecule has 1 fully saturated rings. The van der Waals surface area contributed by atoms with Crippen LogP contribution in [0.2, 0.25) is 0 Å². The van der Waals surface area contributed by atoms with Gasteiger partial charge in [0, 0.05) is 38.4 Å². The minimum absolute atomic E-state index is 0.0174. The number of thioether (sulfide) groups is 1. The molecule has 0 bridgehead atoms. The summed E-state index contributed by atoms with van der Waals surface area (Å²) in [6.45, 7) is 7.83. The summed E-state index contributed by atoms with van der Waals surface area (Å²) in [5.74, 6) is -2.77. The Bertz CT molecular complexity index is 1100. The fourth-order valence-electron chi connectivity index (χ4n) is 4.32. The second kappa shape index (κ2) is 11.7. The van der Waals surface area contributed by atoms with Gasteiger partial charge in [0.15, 0.2) is 5.16 Å². The number of aromatic nitrogens is 2. The molecule has 34 heavy (non-hydrogen) atoms. The van der Waals surface area contributed by atoms with Crippen molar-refractivity contribution in [3.8, 4) is 0 Å². The third kappa shape index (κ3) is 6.48. The van der Waals surface area contributed by atoms with Crippen molar-refractivity contribution in [1.29, 1.82) is 0 Å². The number of carbonyl (C=O) groups is 1. The van der Waals surface area contributed by atoms with Gasteiger partial charge in [-0.05, 0) is 67.9 Å². The number of nitrogens with zero attached hydrogens (tertiary/aromatic N) is 4. The largest absolute Gasteiger partial charge is 0.369 e. The minimum atomic E-state index is -2.59. The van der Waals surface area contributed by atoms with Crippen LogP contribution in [0.15, 0.2) is 53.7 Å². The van der Waals surface area contributed by atoms with Crippen LogP contribution in [0.5, 0.6) is 0 Å². The van der Waals surface area contributed by atoms with Gasteiger partial charge in [-0.1, -0.05) is 24.3 Å². The lowest BCUT2D eigenvalue weighted by atomic mass is 10.2. The maximum atomic E-state index is 12.9. The fourth-order valence-corrected chi connectivity index (χ4v) is 4.92. The normalized spacial score (nSPS) is 14.8. The van der Waals surface area contributed by atoms with Crippen molar-refractivity contribution in [3.05, 3.63) is 54.1 Å². The number of hydrogen-bond acceptors (Lipinski definition) is 5. The summed E-state index contributed by atoms with van der Waals surface area (Å²) in [5.41, 5.74) is 3.88. The van der Waals surface area contributed by atoms with E-state index in [1.54, 1.807) is 22.8 Å². The quantitative estimate of drug-likeness (QED) is 0.340. The molecule has 3 aromatic rings. The number of carbonyl (C=O) groups excluding carboxylic acids is 1. The van der Waals surface area contributed by atoms with E-state index in [2.05, 4.69) is 51.3 Å². The predicted molar refractivity (Wildman–Crippen MR) is 134 cm³/mol. The Labute approximate surface area is 203 Å². The monoisotopic (exact) mass is 487 g/mol. The first kappa shape index (κ1) is 24.5. The van der Waals surface area contributed by atoms with E-state index in [1.165, 1.54) is 11.3 Å². The molecule has 1 aromatic heterocycles. The summed E-state index contributed by atoms with van der Waals surface area (Å²) in [5, 5.41) is 3.09. The first-order valence-electron chi connectivity index (χ1n) is 11.7. The molecule has 9 heteroatoms. The number of piperazine rings is 1. The van der Waals surface area contributed by atoms with Crippen molar-refractivity contribution in [3.63, 3.8) is 0 Å². The summed E-state index contributed by atoms with van der Waals surface area (Å²) >= 11 is 0.369. The molecule has 0 radical (unpaired) electrons. The Morgan fingerprint density at radius 2 is 1.88 bits per heavy atom. The van der Waals surface area contributed by atoms with E-state index in [-0.39, 0.29) is 17.6 Å². The molecular formula is C25H31F2N5OS. The molecule has 0 saturated carbocycles. The van der Waals surface area contributed by atoms with Gasteiger partial charge < -0.3 is 14.8 Å². The highest BCUT2D eigenvalue weighted by Gasteiger charge is 2.18. The van der Waals surface area contributed by atoms with Crippen molar-refractivity contribution in [2.45, 2.75) is 37.2 Å². The second-order valence-electron chi connectivity index (χ2n) is 8.57. The van der Waals surface area contributed by atoms with Crippen molar-refractivity contribution in [1.82, 2.24) is 19.8 Å². The third-order valence-electron chi connectivity index (χ3n) is 6.08. The molecule has 2 heterocycles. The Hall–Kier alpha value is -2.65. The standard InChI is InChI=1S/C25H31F2N5OS/c1-19-7-6-8-20(17-19)31-15-13-30(14-16-31)12-5-4-11-28-23(33)18-32-22-10-3-2-9-21(22)29-25(32)34-24(26)27/h2-3,6-10,17,24H,4-5,11-16,18H2,1H3,(H,28,33). The van der Waals surface area contributed by atoms with Gasteiger partial charge >= 0.3 is 0 Å². The first-order valence-corrected chi connectivity index (χ1v) is 12.6. The number of hydrogen-bond donors (Lipinski definition) is 1. The second-order valence-corrected chi connectivity index (χ2v) is 9.53. The molecule has 0 spiro atoms. The number of nitrogens with one attached hydrogen (secondary N) is 1. The van der Waals surface area contributed by atoms with Crippen molar-refractivity contribution >= 4 is 34.4 Å². The van der Waals surface area contributed by atoms with Crippen molar-refractivity contribution in [2.24, 2.45) is 0 Å². The van der Waals surface area contributed by atoms with Crippen LogP contribution in [0.25, 0.3) is 11.0 Å². The van der Waals surface area contributed by atoms with E-state index in [9.17, 15) is 13.6 Å². The molecular weight excluding hydrogens is 456 g/mol. The lowest BCUT2D eigenvalue weighted by molar-refractivity contribution is -0.121. The SMILES string of the molecule is Cc1cccc(N2CCN(CCCCNC(=O)Cn3c(SC(F)F)nc4ccccc43)CC2)c1. The number of imidazole rings is 1. The van der Waals surface area contributed by atoms with Gasteiger partial charge in [-0.3, -0.25) is 9.69 Å². The van der Waals surface area contributed by atoms with E-state index in [4.69, 9.17) is 0 Å². The van der Waals surface area contributed by atoms with Gasteiger partial charge in [-0.25, -0.2) is 4.98 Å². The summed E-state index contributed by atoms with van der Waals surface area (Å²) in [6.07, 6.45) is 1.89. The molecule has 1 N–H and O–H groups in total. The highest BCUT2D eigenvalue weighted by Crippen LogP contribution is 2.28. The minimum Gasteiger partial charge on any atom is -0.369 e. The molecule has 0 atom stereocenters. The maximum absolute atomic E-state index is 12.9. The molecule has 1 amide bonds. The number of unbranched alkanes of at least 4 members (excludes halogenated alkanes) is 1. The van der Waals surface area contributed by atoms with Crippen molar-refractivity contribution < 1.29 is 13.6 Å². The van der Waals surface area contributed by atoms with Crippen LogP contribution in [-0.4, -0.2) is 65.4 Å². The summed E-state index contributed by atoms with van der Waals surface area (Å²) < 4.78 is 27.4. The Morgan fingerprint density at radius 3 is 2.65 bits per heavy atom. The number of anilines is 1. The first-order chi connectivity index (χ1) is 16.5. The Morgan fingerprint density at radius 1 is 1.09 bits per heavy atom. The van der Waals surface area contributed by atoms with Crippen LogP contribution in [-0.2, 0) is 11.3 Å². The van der Waals surface area contributed by atoms with E-state index in [1.807, 2.05) is 6.07 Å². The number of alkyl halides is 2. The molecule has 0 unspecified atom stereocenters. The average molecular weight is 488 g/mol. The van der Waals surface area contributed by atoms with Crippen LogP contribution in [0.3, 0.4) is 0 Å². The molecule has 6 nitrogen and oxygen atoms in total. The lowest BCUT2D eigenvalue weighted by Gasteiger charge is -2.36. The van der Waals surface area contributed by atoms with Gasteiger partial charge in [0.2, 0.25) is 5.91 Å². The molecule has 4 rings (SSSR count). The van der Waals surface area contributed by atoms with Gasteiger partial charge in [-0.15, -0.1) is 0 Å². The Kier molecular flexibility index (Phi) is 8.39. The number of fused-ring (bicyclic) bond motifs is 1. The lowest BCUT2D eigenvalue weighted by Crippen LogP contribution is -2.46. The predicted octanol–water partition coefficient (Wildman–Crippen LogP) is 4.38. The highest BCUT2D eigenvalue weighted by atomic mass is 32.2. The molecule has 1 aliphatic rings. The fraction of sp³-hybridized carbons (Fsp3) is 0.440. The smallest absolute Gasteiger partial charge is 0.291 e. The van der Waals surface area contributed by atoms with Gasteiger partial charge in [-0.2, -0.15) is 8.78 Å². The van der Waals surface area contributed by atoms with Gasteiger partial charge in [0.25, 0.3) is 5.76 Å². The molecule has 1 aliphatic heterocycles. The molecule has 0 aliphatic carbocycles. The summed E-state index contributed by atoms with van der Waals surface area (Å²) in [6, 6.07) is 15.8. The molecule has 2 aromatic carbocycles. The average Bonchev–Trinajstić information content (AvgIpc) is 3.15. The number of amides is 1. The maximum Gasteiger partial charge on any atom is 0.291 e. The third-order valence-corrected chi connectivity index (χ3v) is 6.78. The van der Waals surface area contributed by atoms with E-state index < -0.39 is 5.76 Å². The van der Waals surface area contributed by atoms with E-state index in [0.29, 0.717) is 29.3 Å². The number of para-hydroxylation sites is 2. The number of halogens is 2. The highest BCUT2D eigenvalue weighted by molar-refractivity contribution is 7.99.